The molecule has 0 aliphatic heterocycles. The zero-order valence-corrected chi connectivity index (χ0v) is 19.9. The Morgan fingerprint density at radius 3 is 1.69 bits per heavy atom. The normalized spacial score (nSPS) is 11.0. The Morgan fingerprint density at radius 2 is 1.31 bits per heavy atom. The van der Waals surface area contributed by atoms with Gasteiger partial charge in [0.05, 0.1) is 0 Å². The number of benzene rings is 2. The van der Waals surface area contributed by atoms with E-state index in [0.717, 1.165) is 22.9 Å². The van der Waals surface area contributed by atoms with Crippen molar-refractivity contribution in [3.05, 3.63) is 53.1 Å². The molecule has 0 atom stereocenters. The van der Waals surface area contributed by atoms with E-state index in [1.165, 1.54) is 13.8 Å². The first-order valence-corrected chi connectivity index (χ1v) is 15.4. The monoisotopic (exact) mass is 552 g/mol. The number of carbonyl (C=O) groups excluding carboxylic acids is 2. The fraction of sp³-hybridized carbons (Fsp3) is 0.300. The summed E-state index contributed by atoms with van der Waals surface area (Å²) in [4.78, 5) is 24.0. The summed E-state index contributed by atoms with van der Waals surface area (Å²) in [5.74, 6) is -0.231. The van der Waals surface area contributed by atoms with Gasteiger partial charge < -0.3 is 0 Å². The maximum atomic E-state index is 12.0. The summed E-state index contributed by atoms with van der Waals surface area (Å²) in [7, 11) is 1.58. The molecule has 0 bridgehead atoms. The predicted octanol–water partition coefficient (Wildman–Crippen LogP) is 2.30. The molecule has 0 N–H and O–H groups in total. The van der Waals surface area contributed by atoms with Gasteiger partial charge in [-0.1, -0.05) is 0 Å². The Morgan fingerprint density at radius 1 is 0.846 bits per heavy atom. The molecule has 0 aromatic heterocycles. The van der Waals surface area contributed by atoms with Crippen molar-refractivity contribution >= 4 is 40.3 Å². The Hall–Kier alpha value is -1.90. The minimum atomic E-state index is -4.73. The maximum absolute atomic E-state index is 12.0. The SMILES string of the molecule is COc1cc[c]([Pb]([O]C(C)=O)([O]C(C)=O)[c]2c(C)cc(C)cc2C)cc1. The molecule has 0 saturated carbocycles. The van der Waals surface area contributed by atoms with Crippen molar-refractivity contribution in [3.8, 4) is 5.75 Å². The van der Waals surface area contributed by atoms with Gasteiger partial charge in [0, 0.05) is 0 Å². The Bertz CT molecular complexity index is 788. The quantitative estimate of drug-likeness (QED) is 0.534. The van der Waals surface area contributed by atoms with Crippen LogP contribution in [0.25, 0.3) is 0 Å². The van der Waals surface area contributed by atoms with E-state index in [-0.39, 0.29) is 0 Å². The third-order valence-electron chi connectivity index (χ3n) is 4.05. The van der Waals surface area contributed by atoms with Crippen molar-refractivity contribution < 1.29 is 19.7 Å². The van der Waals surface area contributed by atoms with Crippen molar-refractivity contribution in [2.45, 2.75) is 34.6 Å². The molecule has 0 saturated heterocycles. The zero-order chi connectivity index (χ0) is 19.5. The van der Waals surface area contributed by atoms with Crippen molar-refractivity contribution in [3.63, 3.8) is 0 Å². The van der Waals surface area contributed by atoms with Gasteiger partial charge >= 0.3 is 161 Å². The predicted molar refractivity (Wildman–Crippen MR) is 102 cm³/mol. The van der Waals surface area contributed by atoms with Crippen LogP contribution < -0.4 is 11.0 Å². The Balaban J connectivity index is 2.82. The molecular weight excluding hydrogens is 527 g/mol. The number of hydrogen-bond donors (Lipinski definition) is 0. The molecule has 0 heterocycles. The van der Waals surface area contributed by atoms with Gasteiger partial charge in [0.1, 0.15) is 0 Å². The summed E-state index contributed by atoms with van der Waals surface area (Å²) in [5, 5.41) is 0. The number of hydrogen-bond acceptors (Lipinski definition) is 5. The van der Waals surface area contributed by atoms with E-state index in [4.69, 9.17) is 10.1 Å². The summed E-state index contributed by atoms with van der Waals surface area (Å²) in [6.07, 6.45) is 0. The van der Waals surface area contributed by atoms with E-state index >= 15 is 0 Å². The molecule has 6 heteroatoms. The van der Waals surface area contributed by atoms with Crippen LogP contribution in [-0.4, -0.2) is 41.1 Å². The second-order valence-corrected chi connectivity index (χ2v) is 16.9. The van der Waals surface area contributed by atoms with Crippen molar-refractivity contribution in [1.82, 2.24) is 0 Å². The fourth-order valence-corrected chi connectivity index (χ4v) is 16.4. The van der Waals surface area contributed by atoms with Crippen molar-refractivity contribution in [2.75, 3.05) is 7.11 Å². The topological polar surface area (TPSA) is 61.8 Å². The number of rotatable bonds is 5. The standard InChI is InChI=1S/C9H11.C7H7O.2C2H4O2.Pb/c1-7-4-8(2)6-9(3)5-7;1-8-7-5-3-2-4-6-7;2*1-2(3)4;/h4-5H,1-3H3;3-6H,1H3;2*1H3,(H,3,4);/q;;;;+2/p-2. The molecule has 0 aliphatic rings. The first-order chi connectivity index (χ1) is 12.2. The van der Waals surface area contributed by atoms with Gasteiger partial charge in [-0.2, -0.15) is 0 Å². The molecule has 5 nitrogen and oxygen atoms in total. The van der Waals surface area contributed by atoms with Crippen molar-refractivity contribution in [1.29, 1.82) is 0 Å². The number of methoxy groups -OCH3 is 1. The summed E-state index contributed by atoms with van der Waals surface area (Å²) in [6.45, 7) is 8.62. The van der Waals surface area contributed by atoms with Crippen LogP contribution >= 0.6 is 0 Å². The molecular formula is C20H24O5Pb. The molecule has 0 unspecified atom stereocenters. The molecule has 2 aromatic carbocycles. The summed E-state index contributed by atoms with van der Waals surface area (Å²) < 4.78 is 18.6. The molecule has 138 valence electrons. The van der Waals surface area contributed by atoms with Crippen LogP contribution in [0.4, 0.5) is 0 Å². The molecule has 0 fully saturated rings. The van der Waals surface area contributed by atoms with Crippen LogP contribution in [-0.2, 0) is 15.0 Å². The summed E-state index contributed by atoms with van der Waals surface area (Å²) >= 11 is -4.73. The molecule has 0 amide bonds. The van der Waals surface area contributed by atoms with Crippen molar-refractivity contribution in [2.24, 2.45) is 0 Å². The van der Waals surface area contributed by atoms with E-state index in [2.05, 4.69) is 0 Å². The summed E-state index contributed by atoms with van der Waals surface area (Å²) in [6, 6.07) is 11.3. The van der Waals surface area contributed by atoms with Crippen LogP contribution in [0.15, 0.2) is 36.4 Å². The fourth-order valence-electron chi connectivity index (χ4n) is 3.30. The van der Waals surface area contributed by atoms with E-state index in [0.29, 0.717) is 5.75 Å². The number of aryl methyl sites for hydroxylation is 3. The third-order valence-corrected chi connectivity index (χ3v) is 18.4. The Labute approximate surface area is 160 Å². The molecule has 26 heavy (non-hydrogen) atoms. The molecule has 0 spiro atoms. The summed E-state index contributed by atoms with van der Waals surface area (Å²) in [5.41, 5.74) is 3.02. The number of ether oxygens (including phenoxy) is 1. The van der Waals surface area contributed by atoms with E-state index in [1.807, 2.05) is 45.0 Å². The van der Waals surface area contributed by atoms with Gasteiger partial charge in [0.25, 0.3) is 0 Å². The molecule has 0 aliphatic carbocycles. The van der Waals surface area contributed by atoms with Crippen LogP contribution in [0.3, 0.4) is 0 Å². The molecule has 0 radical (unpaired) electrons. The van der Waals surface area contributed by atoms with Crippen LogP contribution in [0.2, 0.25) is 0 Å². The van der Waals surface area contributed by atoms with Gasteiger partial charge in [0.15, 0.2) is 0 Å². The second kappa shape index (κ2) is 8.20. The van der Waals surface area contributed by atoms with Crippen LogP contribution in [0.5, 0.6) is 5.75 Å². The average Bonchev–Trinajstić information content (AvgIpc) is 2.52. The van der Waals surface area contributed by atoms with Gasteiger partial charge in [-0.05, 0) is 0 Å². The van der Waals surface area contributed by atoms with E-state index in [1.54, 1.807) is 19.2 Å². The van der Waals surface area contributed by atoms with Crippen LogP contribution in [0, 0.1) is 20.8 Å². The molecule has 2 aromatic rings. The van der Waals surface area contributed by atoms with E-state index < -0.39 is 34.0 Å². The minimum absolute atomic E-state index is 0.455. The first-order valence-electron chi connectivity index (χ1n) is 8.31. The molecule has 2 rings (SSSR count). The Kier molecular flexibility index (Phi) is 6.44. The number of carbonyl (C=O) groups is 2. The third kappa shape index (κ3) is 4.25. The van der Waals surface area contributed by atoms with Gasteiger partial charge in [-0.3, -0.25) is 0 Å². The van der Waals surface area contributed by atoms with Gasteiger partial charge in [-0.15, -0.1) is 0 Å². The van der Waals surface area contributed by atoms with Crippen LogP contribution in [0.1, 0.15) is 30.5 Å². The van der Waals surface area contributed by atoms with E-state index in [9.17, 15) is 9.59 Å². The first kappa shape index (κ1) is 20.4. The van der Waals surface area contributed by atoms with Gasteiger partial charge in [-0.25, -0.2) is 0 Å². The zero-order valence-electron chi connectivity index (χ0n) is 16.0. The van der Waals surface area contributed by atoms with Gasteiger partial charge in [0.2, 0.25) is 0 Å². The average molecular weight is 552 g/mol. The second-order valence-electron chi connectivity index (χ2n) is 6.31.